The molecule has 1 aliphatic rings. The van der Waals surface area contributed by atoms with Crippen LogP contribution < -0.4 is 11.1 Å². The maximum absolute atomic E-state index is 11.4. The van der Waals surface area contributed by atoms with Crippen LogP contribution in [-0.2, 0) is 4.79 Å². The van der Waals surface area contributed by atoms with Crippen LogP contribution in [0.3, 0.4) is 0 Å². The van der Waals surface area contributed by atoms with Gasteiger partial charge >= 0.3 is 6.03 Å². The van der Waals surface area contributed by atoms with Crippen LogP contribution >= 0.6 is 0 Å². The number of hydrogen-bond acceptors (Lipinski definition) is 2. The van der Waals surface area contributed by atoms with E-state index in [0.717, 1.165) is 12.8 Å². The Bertz CT molecular complexity index is 217. The van der Waals surface area contributed by atoms with Crippen LogP contribution in [0, 0.1) is 0 Å². The predicted octanol–water partition coefficient (Wildman–Crippen LogP) is -0.334. The van der Waals surface area contributed by atoms with Gasteiger partial charge in [0.05, 0.1) is 0 Å². The van der Waals surface area contributed by atoms with Crippen molar-refractivity contribution in [3.8, 4) is 0 Å². The summed E-state index contributed by atoms with van der Waals surface area (Å²) in [5.41, 5.74) is 5.13. The number of urea groups is 1. The van der Waals surface area contributed by atoms with Crippen LogP contribution in [0.15, 0.2) is 0 Å². The van der Waals surface area contributed by atoms with E-state index in [1.165, 1.54) is 4.90 Å². The number of nitrogens with one attached hydrogen (secondary N) is 1. The highest BCUT2D eigenvalue weighted by atomic mass is 16.2. The van der Waals surface area contributed by atoms with E-state index in [-0.39, 0.29) is 11.9 Å². The number of amides is 3. The van der Waals surface area contributed by atoms with Crippen molar-refractivity contribution in [1.29, 1.82) is 0 Å². The quantitative estimate of drug-likeness (QED) is 0.618. The molecule has 0 aromatic heterocycles. The third kappa shape index (κ3) is 2.11. The van der Waals surface area contributed by atoms with E-state index in [2.05, 4.69) is 5.32 Å². The number of carbonyl (C=O) groups is 2. The Kier molecular flexibility index (Phi) is 3.11. The smallest absolute Gasteiger partial charge is 0.315 e. The molecule has 5 heteroatoms. The molecule has 0 aromatic carbocycles. The van der Waals surface area contributed by atoms with Crippen LogP contribution in [0.4, 0.5) is 4.79 Å². The van der Waals surface area contributed by atoms with Gasteiger partial charge in [-0.1, -0.05) is 0 Å². The fraction of sp³-hybridized carbons (Fsp3) is 0.750. The topological polar surface area (TPSA) is 75.4 Å². The third-order valence-corrected chi connectivity index (χ3v) is 2.19. The summed E-state index contributed by atoms with van der Waals surface area (Å²) < 4.78 is 0. The van der Waals surface area contributed by atoms with Crippen molar-refractivity contribution in [2.24, 2.45) is 5.73 Å². The first kappa shape index (κ1) is 9.83. The van der Waals surface area contributed by atoms with Crippen LogP contribution in [0.1, 0.15) is 19.8 Å². The van der Waals surface area contributed by atoms with Gasteiger partial charge in [-0.05, 0) is 19.8 Å². The summed E-state index contributed by atoms with van der Waals surface area (Å²) in [6.07, 6.45) is 1.57. The minimum atomic E-state index is -0.506. The number of hydrogen-bond donors (Lipinski definition) is 2. The van der Waals surface area contributed by atoms with Crippen molar-refractivity contribution in [1.82, 2.24) is 10.2 Å². The van der Waals surface area contributed by atoms with Crippen molar-refractivity contribution >= 4 is 11.9 Å². The molecule has 0 bridgehead atoms. The first-order valence-electron chi connectivity index (χ1n) is 4.50. The van der Waals surface area contributed by atoms with Crippen molar-refractivity contribution in [2.45, 2.75) is 25.8 Å². The summed E-state index contributed by atoms with van der Waals surface area (Å²) in [5, 5.41) is 2.68. The molecular weight excluding hydrogens is 170 g/mol. The lowest BCUT2D eigenvalue weighted by atomic mass is 10.2. The minimum absolute atomic E-state index is 0.0983. The molecule has 3 amide bonds. The molecule has 3 N–H and O–H groups in total. The van der Waals surface area contributed by atoms with Crippen molar-refractivity contribution < 1.29 is 9.59 Å². The van der Waals surface area contributed by atoms with Crippen molar-refractivity contribution in [3.05, 3.63) is 0 Å². The van der Waals surface area contributed by atoms with E-state index < -0.39 is 6.03 Å². The molecule has 0 saturated carbocycles. The highest BCUT2D eigenvalue weighted by Crippen LogP contribution is 2.16. The third-order valence-electron chi connectivity index (χ3n) is 2.19. The SMILES string of the molecule is CCNC(=O)[C@@H]1CCCN1C(N)=O. The summed E-state index contributed by atoms with van der Waals surface area (Å²) in [7, 11) is 0. The van der Waals surface area contributed by atoms with E-state index in [1.54, 1.807) is 0 Å². The van der Waals surface area contributed by atoms with E-state index >= 15 is 0 Å². The largest absolute Gasteiger partial charge is 0.355 e. The van der Waals surface area contributed by atoms with Crippen molar-refractivity contribution in [2.75, 3.05) is 13.1 Å². The second kappa shape index (κ2) is 4.11. The molecular formula is C8H15N3O2. The van der Waals surface area contributed by atoms with Gasteiger partial charge in [-0.15, -0.1) is 0 Å². The maximum atomic E-state index is 11.4. The summed E-state index contributed by atoms with van der Waals surface area (Å²) in [6.45, 7) is 3.03. The average Bonchev–Trinajstić information content (AvgIpc) is 2.52. The molecule has 0 spiro atoms. The number of carbonyl (C=O) groups excluding carboxylic acids is 2. The van der Waals surface area contributed by atoms with E-state index in [9.17, 15) is 9.59 Å². The molecule has 0 aliphatic carbocycles. The van der Waals surface area contributed by atoms with Gasteiger partial charge in [-0.2, -0.15) is 0 Å². The van der Waals surface area contributed by atoms with Gasteiger partial charge in [0, 0.05) is 13.1 Å². The lowest BCUT2D eigenvalue weighted by Gasteiger charge is -2.21. The van der Waals surface area contributed by atoms with Gasteiger partial charge < -0.3 is 16.0 Å². The molecule has 1 saturated heterocycles. The van der Waals surface area contributed by atoms with E-state index in [0.29, 0.717) is 13.1 Å². The first-order chi connectivity index (χ1) is 6.16. The Labute approximate surface area is 77.3 Å². The van der Waals surface area contributed by atoms with Crippen LogP contribution in [-0.4, -0.2) is 36.0 Å². The lowest BCUT2D eigenvalue weighted by molar-refractivity contribution is -0.124. The van der Waals surface area contributed by atoms with E-state index in [4.69, 9.17) is 5.73 Å². The average molecular weight is 185 g/mol. The fourth-order valence-electron chi connectivity index (χ4n) is 1.60. The van der Waals surface area contributed by atoms with Gasteiger partial charge in [0.2, 0.25) is 5.91 Å². The van der Waals surface area contributed by atoms with E-state index in [1.807, 2.05) is 6.92 Å². The standard InChI is InChI=1S/C8H15N3O2/c1-2-10-7(12)6-4-3-5-11(6)8(9)13/h6H,2-5H2,1H3,(H2,9,13)(H,10,12)/t6-/m0/s1. The number of likely N-dealkylation sites (tertiary alicyclic amines) is 1. The summed E-state index contributed by atoms with van der Waals surface area (Å²) >= 11 is 0. The molecule has 74 valence electrons. The molecule has 5 nitrogen and oxygen atoms in total. The first-order valence-corrected chi connectivity index (χ1v) is 4.50. The zero-order valence-corrected chi connectivity index (χ0v) is 7.75. The Morgan fingerprint density at radius 1 is 1.62 bits per heavy atom. The predicted molar refractivity (Wildman–Crippen MR) is 48.0 cm³/mol. The second-order valence-electron chi connectivity index (χ2n) is 3.08. The van der Waals surface area contributed by atoms with Gasteiger partial charge in [0.1, 0.15) is 6.04 Å². The molecule has 1 rings (SSSR count). The monoisotopic (exact) mass is 185 g/mol. The van der Waals surface area contributed by atoms with Gasteiger partial charge in [0.25, 0.3) is 0 Å². The zero-order chi connectivity index (χ0) is 9.84. The normalized spacial score (nSPS) is 21.6. The summed E-state index contributed by atoms with van der Waals surface area (Å²) in [4.78, 5) is 23.7. The van der Waals surface area contributed by atoms with Gasteiger partial charge in [0.15, 0.2) is 0 Å². The maximum Gasteiger partial charge on any atom is 0.315 e. The van der Waals surface area contributed by atoms with Crippen molar-refractivity contribution in [3.63, 3.8) is 0 Å². The number of rotatable bonds is 2. The van der Waals surface area contributed by atoms with Crippen LogP contribution in [0.2, 0.25) is 0 Å². The minimum Gasteiger partial charge on any atom is -0.355 e. The van der Waals surface area contributed by atoms with Crippen LogP contribution in [0.5, 0.6) is 0 Å². The number of nitrogens with two attached hydrogens (primary N) is 1. The summed E-state index contributed by atoms with van der Waals surface area (Å²) in [6, 6.07) is -0.855. The lowest BCUT2D eigenvalue weighted by Crippen LogP contribution is -2.47. The molecule has 0 unspecified atom stereocenters. The summed E-state index contributed by atoms with van der Waals surface area (Å²) in [5.74, 6) is -0.0983. The number of primary amides is 1. The molecule has 0 aromatic rings. The van der Waals surface area contributed by atoms with Gasteiger partial charge in [-0.25, -0.2) is 4.79 Å². The molecule has 0 radical (unpaired) electrons. The highest BCUT2D eigenvalue weighted by Gasteiger charge is 2.32. The number of likely N-dealkylation sites (N-methyl/N-ethyl adjacent to an activating group) is 1. The molecule has 1 heterocycles. The highest BCUT2D eigenvalue weighted by molar-refractivity contribution is 5.87. The second-order valence-corrected chi connectivity index (χ2v) is 3.08. The van der Waals surface area contributed by atoms with Gasteiger partial charge in [-0.3, -0.25) is 4.79 Å². The Morgan fingerprint density at radius 3 is 2.85 bits per heavy atom. The number of nitrogens with zero attached hydrogens (tertiary/aromatic N) is 1. The van der Waals surface area contributed by atoms with Crippen LogP contribution in [0.25, 0.3) is 0 Å². The fourth-order valence-corrected chi connectivity index (χ4v) is 1.60. The molecule has 1 atom stereocenters. The molecule has 1 aliphatic heterocycles. The molecule has 13 heavy (non-hydrogen) atoms. The zero-order valence-electron chi connectivity index (χ0n) is 7.75. The molecule has 1 fully saturated rings. The Hall–Kier alpha value is -1.26. The Morgan fingerprint density at radius 2 is 2.31 bits per heavy atom. The Balaban J connectivity index is 2.57.